The third kappa shape index (κ3) is 1.07. The summed E-state index contributed by atoms with van der Waals surface area (Å²) in [7, 11) is 1.12. The number of nitrogen functional groups attached to an aromatic ring is 1. The fourth-order valence-corrected chi connectivity index (χ4v) is 0.534. The van der Waals surface area contributed by atoms with Crippen LogP contribution in [-0.4, -0.2) is 18.2 Å². The minimum atomic E-state index is -0.876. The molecule has 0 saturated carbocycles. The van der Waals surface area contributed by atoms with Crippen molar-refractivity contribution in [1.82, 2.24) is 5.16 Å². The summed E-state index contributed by atoms with van der Waals surface area (Å²) in [6.45, 7) is 0. The maximum atomic E-state index is 10.7. The van der Waals surface area contributed by atoms with Crippen molar-refractivity contribution < 1.29 is 19.1 Å². The van der Waals surface area contributed by atoms with Crippen LogP contribution in [0.1, 0.15) is 10.5 Å². The van der Waals surface area contributed by atoms with Crippen LogP contribution >= 0.6 is 0 Å². The zero-order valence-corrected chi connectivity index (χ0v) is 5.60. The SMILES string of the molecule is COC(=O)c1c(N)no[n+]1[O-]. The number of carbonyl (C=O) groups excluding carboxylic acids is 1. The summed E-state index contributed by atoms with van der Waals surface area (Å²) in [5.74, 6) is -1.16. The standard InChI is InChI=1S/C4H5N3O4/c1-10-4(8)2-3(5)6-11-7(2)9/h1H3,(H2,5,6). The minimum Gasteiger partial charge on any atom is -0.462 e. The Kier molecular flexibility index (Phi) is 1.63. The van der Waals surface area contributed by atoms with Gasteiger partial charge >= 0.3 is 17.5 Å². The number of rotatable bonds is 1. The minimum absolute atomic E-state index is 0.110. The fraction of sp³-hybridized carbons (Fsp3) is 0.250. The number of hydrogen-bond donors (Lipinski definition) is 1. The molecule has 1 aromatic heterocycles. The van der Waals surface area contributed by atoms with Crippen molar-refractivity contribution in [3.8, 4) is 0 Å². The molecule has 7 nitrogen and oxygen atoms in total. The summed E-state index contributed by atoms with van der Waals surface area (Å²) >= 11 is 0. The van der Waals surface area contributed by atoms with Gasteiger partial charge in [-0.25, -0.2) is 4.79 Å². The Balaban J connectivity index is 3.10. The fourth-order valence-electron chi connectivity index (χ4n) is 0.534. The van der Waals surface area contributed by atoms with Crippen LogP contribution in [0.2, 0.25) is 0 Å². The molecule has 0 fully saturated rings. The topological polar surface area (TPSA) is 105 Å². The van der Waals surface area contributed by atoms with E-state index in [9.17, 15) is 10.0 Å². The number of nitrogens with two attached hydrogens (primary N) is 1. The van der Waals surface area contributed by atoms with Crippen molar-refractivity contribution >= 4 is 11.8 Å². The zero-order chi connectivity index (χ0) is 8.43. The second-order valence-electron chi connectivity index (χ2n) is 1.66. The van der Waals surface area contributed by atoms with Crippen LogP contribution in [0.4, 0.5) is 5.82 Å². The van der Waals surface area contributed by atoms with Crippen molar-refractivity contribution in [1.29, 1.82) is 0 Å². The first-order chi connectivity index (χ1) is 5.16. The molecule has 0 spiro atoms. The lowest BCUT2D eigenvalue weighted by molar-refractivity contribution is -0.804. The van der Waals surface area contributed by atoms with Gasteiger partial charge in [0.1, 0.15) is 0 Å². The highest BCUT2D eigenvalue weighted by atomic mass is 16.8. The average Bonchev–Trinajstić information content (AvgIpc) is 2.30. The number of hydrogen-bond acceptors (Lipinski definition) is 6. The maximum absolute atomic E-state index is 10.7. The van der Waals surface area contributed by atoms with Crippen molar-refractivity contribution in [3.63, 3.8) is 0 Å². The molecule has 0 saturated heterocycles. The summed E-state index contributed by atoms with van der Waals surface area (Å²) in [6.07, 6.45) is 0. The van der Waals surface area contributed by atoms with Crippen LogP contribution in [0.15, 0.2) is 4.63 Å². The number of carbonyl (C=O) groups is 1. The largest absolute Gasteiger partial charge is 0.462 e. The highest BCUT2D eigenvalue weighted by Crippen LogP contribution is 2.02. The number of anilines is 1. The Bertz CT molecular complexity index is 261. The smallest absolute Gasteiger partial charge is 0.389 e. The predicted octanol–water partition coefficient (Wildman–Crippen LogP) is -1.32. The number of esters is 1. The first-order valence-electron chi connectivity index (χ1n) is 2.60. The van der Waals surface area contributed by atoms with Gasteiger partial charge in [0.05, 0.1) is 12.3 Å². The van der Waals surface area contributed by atoms with Gasteiger partial charge in [0.2, 0.25) is 0 Å². The molecule has 0 bridgehead atoms. The number of nitrogens with zero attached hydrogens (tertiary/aromatic N) is 2. The van der Waals surface area contributed by atoms with Crippen molar-refractivity contribution in [3.05, 3.63) is 10.9 Å². The third-order valence-corrected chi connectivity index (χ3v) is 1.02. The van der Waals surface area contributed by atoms with E-state index in [0.717, 1.165) is 7.11 Å². The lowest BCUT2D eigenvalue weighted by atomic mass is 10.4. The molecule has 1 heterocycles. The van der Waals surface area contributed by atoms with Crippen LogP contribution < -0.4 is 10.6 Å². The Labute approximate surface area is 60.9 Å². The van der Waals surface area contributed by atoms with Gasteiger partial charge in [-0.15, -0.1) is 0 Å². The lowest BCUT2D eigenvalue weighted by Crippen LogP contribution is -2.32. The lowest BCUT2D eigenvalue weighted by Gasteiger charge is -1.92. The summed E-state index contributed by atoms with van der Waals surface area (Å²) in [4.78, 5) is 10.6. The van der Waals surface area contributed by atoms with E-state index < -0.39 is 11.7 Å². The van der Waals surface area contributed by atoms with E-state index in [0.29, 0.717) is 0 Å². The first-order valence-corrected chi connectivity index (χ1v) is 2.60. The number of aromatic nitrogens is 2. The molecule has 11 heavy (non-hydrogen) atoms. The molecule has 0 amide bonds. The molecule has 0 aliphatic carbocycles. The normalized spacial score (nSPS) is 9.55. The predicted molar refractivity (Wildman–Crippen MR) is 31.2 cm³/mol. The summed E-state index contributed by atoms with van der Waals surface area (Å²) < 4.78 is 8.22. The second kappa shape index (κ2) is 2.45. The van der Waals surface area contributed by atoms with E-state index in [1.54, 1.807) is 0 Å². The molecule has 0 atom stereocenters. The van der Waals surface area contributed by atoms with Gasteiger partial charge in [0.15, 0.2) is 0 Å². The summed E-state index contributed by atoms with van der Waals surface area (Å²) in [5, 5.41) is 13.6. The molecule has 0 aromatic carbocycles. The molecule has 0 radical (unpaired) electrons. The maximum Gasteiger partial charge on any atom is 0.389 e. The first kappa shape index (κ1) is 7.32. The van der Waals surface area contributed by atoms with Gasteiger partial charge in [0.25, 0.3) is 0 Å². The highest BCUT2D eigenvalue weighted by Gasteiger charge is 2.24. The number of ether oxygens (including phenoxy) is 1. The summed E-state index contributed by atoms with van der Waals surface area (Å²) in [6, 6.07) is 0. The highest BCUT2D eigenvalue weighted by molar-refractivity contribution is 5.89. The second-order valence-corrected chi connectivity index (χ2v) is 1.66. The Hall–Kier alpha value is -1.79. The van der Waals surface area contributed by atoms with Crippen LogP contribution in [0.3, 0.4) is 0 Å². The van der Waals surface area contributed by atoms with E-state index >= 15 is 0 Å². The number of methoxy groups -OCH3 is 1. The monoisotopic (exact) mass is 159 g/mol. The van der Waals surface area contributed by atoms with E-state index in [-0.39, 0.29) is 10.7 Å². The van der Waals surface area contributed by atoms with Crippen LogP contribution in [0.5, 0.6) is 0 Å². The third-order valence-electron chi connectivity index (χ3n) is 1.02. The van der Waals surface area contributed by atoms with Crippen molar-refractivity contribution in [2.24, 2.45) is 0 Å². The molecular weight excluding hydrogens is 154 g/mol. The molecule has 0 aliphatic rings. The molecular formula is C4H5N3O4. The molecule has 0 aliphatic heterocycles. The molecule has 60 valence electrons. The molecule has 1 rings (SSSR count). The van der Waals surface area contributed by atoms with E-state index in [1.807, 2.05) is 0 Å². The molecule has 0 unspecified atom stereocenters. The van der Waals surface area contributed by atoms with Crippen molar-refractivity contribution in [2.45, 2.75) is 0 Å². The van der Waals surface area contributed by atoms with E-state index in [4.69, 9.17) is 5.73 Å². The van der Waals surface area contributed by atoms with E-state index in [1.165, 1.54) is 0 Å². The average molecular weight is 159 g/mol. The summed E-state index contributed by atoms with van der Waals surface area (Å²) in [5.41, 5.74) is 4.65. The van der Waals surface area contributed by atoms with Gasteiger partial charge in [-0.2, -0.15) is 0 Å². The van der Waals surface area contributed by atoms with Gasteiger partial charge in [-0.3, -0.25) is 4.63 Å². The molecule has 7 heteroatoms. The molecule has 2 N–H and O–H groups in total. The van der Waals surface area contributed by atoms with Gasteiger partial charge in [-0.05, 0) is 4.90 Å². The Morgan fingerprint density at radius 3 is 2.91 bits per heavy atom. The van der Waals surface area contributed by atoms with Gasteiger partial charge in [-0.1, -0.05) is 0 Å². The van der Waals surface area contributed by atoms with Crippen molar-refractivity contribution in [2.75, 3.05) is 12.8 Å². The van der Waals surface area contributed by atoms with Gasteiger partial charge in [0, 0.05) is 0 Å². The van der Waals surface area contributed by atoms with Crippen LogP contribution in [0, 0.1) is 5.21 Å². The Morgan fingerprint density at radius 1 is 1.91 bits per heavy atom. The quantitative estimate of drug-likeness (QED) is 0.402. The Morgan fingerprint density at radius 2 is 2.55 bits per heavy atom. The molecule has 1 aromatic rings. The van der Waals surface area contributed by atoms with Gasteiger partial charge < -0.3 is 15.7 Å². The van der Waals surface area contributed by atoms with Crippen LogP contribution in [0.25, 0.3) is 0 Å². The zero-order valence-electron chi connectivity index (χ0n) is 5.60. The van der Waals surface area contributed by atoms with E-state index in [2.05, 4.69) is 14.5 Å². The van der Waals surface area contributed by atoms with Crippen LogP contribution in [-0.2, 0) is 4.74 Å².